The molecular weight excluding hydrogens is 320 g/mol. The average molecular weight is 334 g/mol. The Bertz CT molecular complexity index is 436. The maximum absolute atomic E-state index is 11.9. The van der Waals surface area contributed by atoms with E-state index in [0.717, 1.165) is 10.2 Å². The Morgan fingerprint density at radius 1 is 1.44 bits per heavy atom. The molecule has 1 amide bonds. The lowest BCUT2D eigenvalue weighted by Gasteiger charge is -2.27. The van der Waals surface area contributed by atoms with Crippen molar-refractivity contribution < 1.29 is 9.53 Å². The van der Waals surface area contributed by atoms with E-state index < -0.39 is 0 Å². The summed E-state index contributed by atoms with van der Waals surface area (Å²) >= 11 is 9.37. The van der Waals surface area contributed by atoms with E-state index in [1.54, 1.807) is 11.0 Å². The monoisotopic (exact) mass is 332 g/mol. The van der Waals surface area contributed by atoms with Gasteiger partial charge in [0.1, 0.15) is 0 Å². The highest BCUT2D eigenvalue weighted by atomic mass is 79.9. The Labute approximate surface area is 119 Å². The minimum absolute atomic E-state index is 0.0742. The number of amides is 1. The standard InChI is InChI=1S/C12H14BrClN2O2/c13-12-9(14)2-1-3-10(12)15-8-11(17)16-4-6-18-7-5-16/h1-3,15H,4-8H2. The Morgan fingerprint density at radius 3 is 2.89 bits per heavy atom. The number of halogens is 2. The fourth-order valence-electron chi connectivity index (χ4n) is 1.74. The fourth-order valence-corrected chi connectivity index (χ4v) is 2.31. The summed E-state index contributed by atoms with van der Waals surface area (Å²) in [4.78, 5) is 13.7. The van der Waals surface area contributed by atoms with Crippen molar-refractivity contribution in [2.75, 3.05) is 38.2 Å². The molecule has 1 N–H and O–H groups in total. The van der Waals surface area contributed by atoms with E-state index in [4.69, 9.17) is 16.3 Å². The summed E-state index contributed by atoms with van der Waals surface area (Å²) in [5, 5.41) is 3.71. The summed E-state index contributed by atoms with van der Waals surface area (Å²) in [6, 6.07) is 5.51. The molecule has 1 aliphatic rings. The van der Waals surface area contributed by atoms with Gasteiger partial charge in [-0.25, -0.2) is 0 Å². The number of morpholine rings is 1. The third kappa shape index (κ3) is 3.37. The van der Waals surface area contributed by atoms with Crippen LogP contribution in [0.3, 0.4) is 0 Å². The molecule has 0 spiro atoms. The number of ether oxygens (including phenoxy) is 1. The quantitative estimate of drug-likeness (QED) is 0.923. The predicted molar refractivity (Wildman–Crippen MR) is 75.0 cm³/mol. The summed E-state index contributed by atoms with van der Waals surface area (Å²) in [5.74, 6) is 0.0742. The summed E-state index contributed by atoms with van der Waals surface area (Å²) in [5.41, 5.74) is 0.823. The van der Waals surface area contributed by atoms with Crippen molar-refractivity contribution in [3.05, 3.63) is 27.7 Å². The molecule has 1 aromatic rings. The zero-order chi connectivity index (χ0) is 13.0. The molecule has 2 rings (SSSR count). The first-order valence-electron chi connectivity index (χ1n) is 5.72. The first kappa shape index (κ1) is 13.6. The van der Waals surface area contributed by atoms with E-state index in [1.165, 1.54) is 0 Å². The number of carbonyl (C=O) groups is 1. The van der Waals surface area contributed by atoms with E-state index in [2.05, 4.69) is 21.2 Å². The van der Waals surface area contributed by atoms with Crippen molar-refractivity contribution in [1.82, 2.24) is 4.90 Å². The summed E-state index contributed by atoms with van der Waals surface area (Å²) in [6.07, 6.45) is 0. The third-order valence-corrected chi connectivity index (χ3v) is 4.14. The second-order valence-electron chi connectivity index (χ2n) is 3.95. The van der Waals surface area contributed by atoms with Crippen molar-refractivity contribution in [3.8, 4) is 0 Å². The molecular formula is C12H14BrClN2O2. The molecule has 1 aliphatic heterocycles. The van der Waals surface area contributed by atoms with Gasteiger partial charge in [0, 0.05) is 13.1 Å². The molecule has 18 heavy (non-hydrogen) atoms. The lowest BCUT2D eigenvalue weighted by molar-refractivity contribution is -0.133. The van der Waals surface area contributed by atoms with Crippen LogP contribution in [0.1, 0.15) is 0 Å². The van der Waals surface area contributed by atoms with Gasteiger partial charge in [0.25, 0.3) is 0 Å². The molecule has 6 heteroatoms. The largest absolute Gasteiger partial charge is 0.378 e. The number of nitrogens with one attached hydrogen (secondary N) is 1. The first-order valence-corrected chi connectivity index (χ1v) is 6.89. The van der Waals surface area contributed by atoms with E-state index in [1.807, 2.05) is 12.1 Å². The topological polar surface area (TPSA) is 41.6 Å². The van der Waals surface area contributed by atoms with Gasteiger partial charge in [-0.1, -0.05) is 17.7 Å². The molecule has 98 valence electrons. The van der Waals surface area contributed by atoms with E-state index in [-0.39, 0.29) is 12.5 Å². The second-order valence-corrected chi connectivity index (χ2v) is 5.15. The van der Waals surface area contributed by atoms with Crippen LogP contribution in [-0.2, 0) is 9.53 Å². The minimum atomic E-state index is 0.0742. The minimum Gasteiger partial charge on any atom is -0.378 e. The van der Waals surface area contributed by atoms with Crippen LogP contribution in [0.2, 0.25) is 5.02 Å². The molecule has 0 aromatic heterocycles. The van der Waals surface area contributed by atoms with Gasteiger partial charge < -0.3 is 15.0 Å². The van der Waals surface area contributed by atoms with Crippen LogP contribution in [0.5, 0.6) is 0 Å². The zero-order valence-electron chi connectivity index (χ0n) is 9.79. The Kier molecular flexibility index (Phi) is 4.86. The molecule has 1 saturated heterocycles. The van der Waals surface area contributed by atoms with E-state index >= 15 is 0 Å². The highest BCUT2D eigenvalue weighted by molar-refractivity contribution is 9.10. The van der Waals surface area contributed by atoms with Gasteiger partial charge in [-0.05, 0) is 28.1 Å². The molecule has 4 nitrogen and oxygen atoms in total. The summed E-state index contributed by atoms with van der Waals surface area (Å²) in [6.45, 7) is 2.83. The first-order chi connectivity index (χ1) is 8.68. The number of hydrogen-bond donors (Lipinski definition) is 1. The molecule has 1 aromatic carbocycles. The fraction of sp³-hybridized carbons (Fsp3) is 0.417. The number of benzene rings is 1. The Balaban J connectivity index is 1.90. The molecule has 0 atom stereocenters. The van der Waals surface area contributed by atoms with Crippen molar-refractivity contribution in [2.24, 2.45) is 0 Å². The van der Waals surface area contributed by atoms with Crippen LogP contribution in [0, 0.1) is 0 Å². The molecule has 1 heterocycles. The van der Waals surface area contributed by atoms with Gasteiger partial charge in [-0.2, -0.15) is 0 Å². The lowest BCUT2D eigenvalue weighted by atomic mass is 10.3. The van der Waals surface area contributed by atoms with Crippen LogP contribution < -0.4 is 5.32 Å². The van der Waals surface area contributed by atoms with Gasteiger partial charge in [-0.3, -0.25) is 4.79 Å². The zero-order valence-corrected chi connectivity index (χ0v) is 12.1. The Morgan fingerprint density at radius 2 is 2.17 bits per heavy atom. The molecule has 1 fully saturated rings. The Hall–Kier alpha value is -0.780. The predicted octanol–water partition coefficient (Wildman–Crippen LogP) is 2.37. The van der Waals surface area contributed by atoms with Gasteiger partial charge in [-0.15, -0.1) is 0 Å². The van der Waals surface area contributed by atoms with E-state index in [9.17, 15) is 4.79 Å². The SMILES string of the molecule is O=C(CNc1cccc(Cl)c1Br)N1CCOCC1. The highest BCUT2D eigenvalue weighted by Crippen LogP contribution is 2.29. The third-order valence-electron chi connectivity index (χ3n) is 2.75. The lowest BCUT2D eigenvalue weighted by Crippen LogP contribution is -2.43. The molecule has 0 unspecified atom stereocenters. The maximum Gasteiger partial charge on any atom is 0.242 e. The van der Waals surface area contributed by atoms with Crippen LogP contribution in [0.4, 0.5) is 5.69 Å². The summed E-state index contributed by atoms with van der Waals surface area (Å²) < 4.78 is 5.99. The normalized spacial score (nSPS) is 15.6. The van der Waals surface area contributed by atoms with Gasteiger partial charge in [0.15, 0.2) is 0 Å². The van der Waals surface area contributed by atoms with Gasteiger partial charge >= 0.3 is 0 Å². The van der Waals surface area contributed by atoms with Crippen LogP contribution >= 0.6 is 27.5 Å². The number of hydrogen-bond acceptors (Lipinski definition) is 3. The number of anilines is 1. The van der Waals surface area contributed by atoms with Crippen LogP contribution in [0.15, 0.2) is 22.7 Å². The van der Waals surface area contributed by atoms with Gasteiger partial charge in [0.05, 0.1) is 34.9 Å². The van der Waals surface area contributed by atoms with Crippen molar-refractivity contribution in [1.29, 1.82) is 0 Å². The van der Waals surface area contributed by atoms with Crippen LogP contribution in [-0.4, -0.2) is 43.7 Å². The molecule has 0 aliphatic carbocycles. The molecule has 0 saturated carbocycles. The number of nitrogens with zero attached hydrogens (tertiary/aromatic N) is 1. The number of rotatable bonds is 3. The summed E-state index contributed by atoms with van der Waals surface area (Å²) in [7, 11) is 0. The van der Waals surface area contributed by atoms with Crippen LogP contribution in [0.25, 0.3) is 0 Å². The highest BCUT2D eigenvalue weighted by Gasteiger charge is 2.16. The van der Waals surface area contributed by atoms with Crippen molar-refractivity contribution >= 4 is 39.1 Å². The van der Waals surface area contributed by atoms with Crippen molar-refractivity contribution in [2.45, 2.75) is 0 Å². The van der Waals surface area contributed by atoms with Crippen molar-refractivity contribution in [3.63, 3.8) is 0 Å². The molecule has 0 radical (unpaired) electrons. The number of carbonyl (C=O) groups excluding carboxylic acids is 1. The smallest absolute Gasteiger partial charge is 0.242 e. The van der Waals surface area contributed by atoms with E-state index in [0.29, 0.717) is 31.3 Å². The average Bonchev–Trinajstić information content (AvgIpc) is 2.41. The maximum atomic E-state index is 11.9. The second kappa shape index (κ2) is 6.41. The van der Waals surface area contributed by atoms with Gasteiger partial charge in [0.2, 0.25) is 5.91 Å². The molecule has 0 bridgehead atoms.